The predicted octanol–water partition coefficient (Wildman–Crippen LogP) is 4.86. The monoisotopic (exact) mass is 283 g/mol. The predicted molar refractivity (Wildman–Crippen MR) is 87.9 cm³/mol. The summed E-state index contributed by atoms with van der Waals surface area (Å²) in [7, 11) is 0. The van der Waals surface area contributed by atoms with E-state index in [1.165, 1.54) is 57.8 Å². The molecule has 0 aliphatic heterocycles. The van der Waals surface area contributed by atoms with E-state index in [2.05, 4.69) is 37.2 Å². The third-order valence-corrected chi connectivity index (χ3v) is 6.58. The lowest BCUT2D eigenvalue weighted by Gasteiger charge is -2.34. The maximum atomic E-state index is 4.04. The highest BCUT2D eigenvalue weighted by Gasteiger charge is 2.28. The Morgan fingerprint density at radius 2 is 1.68 bits per heavy atom. The number of hydrogen-bond acceptors (Lipinski definition) is 2. The molecule has 2 heteroatoms. The second-order valence-corrected chi connectivity index (χ2v) is 8.12. The average molecular weight is 284 g/mol. The summed E-state index contributed by atoms with van der Waals surface area (Å²) >= 11 is 2.09. The summed E-state index contributed by atoms with van der Waals surface area (Å²) < 4.78 is 0. The molecular formula is C17H33NS. The first-order valence-corrected chi connectivity index (χ1v) is 9.78. The molecule has 0 heterocycles. The van der Waals surface area contributed by atoms with Gasteiger partial charge in [0.15, 0.2) is 0 Å². The van der Waals surface area contributed by atoms with Crippen molar-refractivity contribution in [1.29, 1.82) is 0 Å². The zero-order valence-corrected chi connectivity index (χ0v) is 14.0. The Morgan fingerprint density at radius 3 is 2.42 bits per heavy atom. The Balaban J connectivity index is 1.81. The lowest BCUT2D eigenvalue weighted by atomic mass is 9.89. The van der Waals surface area contributed by atoms with Gasteiger partial charge in [-0.15, -0.1) is 0 Å². The Bertz CT molecular complexity index is 254. The highest BCUT2D eigenvalue weighted by molar-refractivity contribution is 7.99. The maximum Gasteiger partial charge on any atom is 0.0198 e. The summed E-state index contributed by atoms with van der Waals surface area (Å²) in [6.07, 6.45) is 15.2. The molecule has 2 fully saturated rings. The van der Waals surface area contributed by atoms with Crippen LogP contribution in [0.5, 0.6) is 0 Å². The van der Waals surface area contributed by atoms with E-state index in [9.17, 15) is 0 Å². The van der Waals surface area contributed by atoms with Gasteiger partial charge in [-0.2, -0.15) is 11.8 Å². The van der Waals surface area contributed by atoms with Gasteiger partial charge < -0.3 is 5.32 Å². The van der Waals surface area contributed by atoms with Crippen LogP contribution in [0.4, 0.5) is 0 Å². The van der Waals surface area contributed by atoms with Crippen molar-refractivity contribution in [2.45, 2.75) is 89.0 Å². The minimum Gasteiger partial charge on any atom is -0.310 e. The molecule has 2 rings (SSSR count). The van der Waals surface area contributed by atoms with Crippen LogP contribution in [0.25, 0.3) is 0 Å². The second kappa shape index (κ2) is 7.93. The normalized spacial score (nSPS) is 37.3. The first-order valence-electron chi connectivity index (χ1n) is 8.49. The second-order valence-electron chi connectivity index (χ2n) is 7.04. The van der Waals surface area contributed by atoms with Crippen LogP contribution in [0.15, 0.2) is 0 Å². The van der Waals surface area contributed by atoms with Crippen molar-refractivity contribution in [3.8, 4) is 0 Å². The minimum absolute atomic E-state index is 0.796. The molecule has 2 aliphatic carbocycles. The molecule has 0 spiro atoms. The Labute approximate surface area is 124 Å². The average Bonchev–Trinajstić information content (AvgIpc) is 2.65. The standard InChI is InChI=1S/C17H33NS/c1-13(2)14-7-6-8-15(12-11-14)18-16-9-4-5-10-17(16)19-3/h13-18H,4-12H2,1-3H3. The van der Waals surface area contributed by atoms with Crippen molar-refractivity contribution in [3.63, 3.8) is 0 Å². The van der Waals surface area contributed by atoms with Crippen molar-refractivity contribution in [2.24, 2.45) is 11.8 Å². The maximum absolute atomic E-state index is 4.04. The van der Waals surface area contributed by atoms with Crippen LogP contribution >= 0.6 is 11.8 Å². The zero-order chi connectivity index (χ0) is 13.7. The van der Waals surface area contributed by atoms with Gasteiger partial charge >= 0.3 is 0 Å². The summed E-state index contributed by atoms with van der Waals surface area (Å²) in [6.45, 7) is 4.81. The van der Waals surface area contributed by atoms with Crippen molar-refractivity contribution < 1.29 is 0 Å². The molecule has 2 aliphatic rings. The van der Waals surface area contributed by atoms with Crippen molar-refractivity contribution >= 4 is 11.8 Å². The molecule has 0 radical (unpaired) electrons. The largest absolute Gasteiger partial charge is 0.310 e. The van der Waals surface area contributed by atoms with Gasteiger partial charge in [-0.1, -0.05) is 39.5 Å². The van der Waals surface area contributed by atoms with Gasteiger partial charge in [-0.05, 0) is 50.2 Å². The molecule has 0 aromatic heterocycles. The lowest BCUT2D eigenvalue weighted by Crippen LogP contribution is -2.45. The van der Waals surface area contributed by atoms with E-state index in [0.29, 0.717) is 0 Å². The highest BCUT2D eigenvalue weighted by Crippen LogP contribution is 2.31. The molecule has 19 heavy (non-hydrogen) atoms. The van der Waals surface area contributed by atoms with Gasteiger partial charge in [0.05, 0.1) is 0 Å². The zero-order valence-electron chi connectivity index (χ0n) is 13.2. The van der Waals surface area contributed by atoms with Crippen molar-refractivity contribution in [2.75, 3.05) is 6.26 Å². The van der Waals surface area contributed by atoms with Crippen molar-refractivity contribution in [1.82, 2.24) is 5.32 Å². The van der Waals surface area contributed by atoms with E-state index in [4.69, 9.17) is 0 Å². The molecule has 0 aromatic carbocycles. The lowest BCUT2D eigenvalue weighted by molar-refractivity contribution is 0.314. The minimum atomic E-state index is 0.796. The summed E-state index contributed by atoms with van der Waals surface area (Å²) in [5.74, 6) is 1.86. The summed E-state index contributed by atoms with van der Waals surface area (Å²) in [5.41, 5.74) is 0. The number of nitrogens with one attached hydrogen (secondary N) is 1. The van der Waals surface area contributed by atoms with Crippen LogP contribution in [0, 0.1) is 11.8 Å². The first-order chi connectivity index (χ1) is 9.20. The first kappa shape index (κ1) is 15.7. The van der Waals surface area contributed by atoms with Crippen LogP contribution in [-0.2, 0) is 0 Å². The van der Waals surface area contributed by atoms with E-state index < -0.39 is 0 Å². The van der Waals surface area contributed by atoms with Crippen LogP contribution in [0.3, 0.4) is 0 Å². The molecule has 2 saturated carbocycles. The molecule has 0 bridgehead atoms. The molecule has 0 amide bonds. The van der Waals surface area contributed by atoms with E-state index in [-0.39, 0.29) is 0 Å². The quantitative estimate of drug-likeness (QED) is 0.740. The molecule has 4 unspecified atom stereocenters. The van der Waals surface area contributed by atoms with Crippen LogP contribution in [0.2, 0.25) is 0 Å². The summed E-state index contributed by atoms with van der Waals surface area (Å²) in [4.78, 5) is 0. The third kappa shape index (κ3) is 4.67. The molecule has 0 saturated heterocycles. The molecule has 1 N–H and O–H groups in total. The van der Waals surface area contributed by atoms with E-state index in [1.807, 2.05) is 0 Å². The smallest absolute Gasteiger partial charge is 0.0198 e. The van der Waals surface area contributed by atoms with Crippen LogP contribution < -0.4 is 5.32 Å². The number of rotatable bonds is 4. The van der Waals surface area contributed by atoms with Gasteiger partial charge in [-0.25, -0.2) is 0 Å². The van der Waals surface area contributed by atoms with Crippen molar-refractivity contribution in [3.05, 3.63) is 0 Å². The van der Waals surface area contributed by atoms with Crippen LogP contribution in [0.1, 0.15) is 71.6 Å². The Kier molecular flexibility index (Phi) is 6.55. The topological polar surface area (TPSA) is 12.0 Å². The van der Waals surface area contributed by atoms with E-state index >= 15 is 0 Å². The number of thioether (sulfide) groups is 1. The van der Waals surface area contributed by atoms with Gasteiger partial charge in [0, 0.05) is 17.3 Å². The van der Waals surface area contributed by atoms with Gasteiger partial charge in [0.25, 0.3) is 0 Å². The van der Waals surface area contributed by atoms with Gasteiger partial charge in [0.1, 0.15) is 0 Å². The van der Waals surface area contributed by atoms with Gasteiger partial charge in [-0.3, -0.25) is 0 Å². The third-order valence-electron chi connectivity index (χ3n) is 5.41. The fourth-order valence-corrected chi connectivity index (χ4v) is 4.98. The number of hydrogen-bond donors (Lipinski definition) is 1. The molecule has 4 atom stereocenters. The molecule has 1 nitrogen and oxygen atoms in total. The summed E-state index contributed by atoms with van der Waals surface area (Å²) in [6, 6.07) is 1.60. The fraction of sp³-hybridized carbons (Fsp3) is 1.00. The fourth-order valence-electron chi connectivity index (χ4n) is 4.04. The Hall–Kier alpha value is 0.310. The molecule has 112 valence electrons. The van der Waals surface area contributed by atoms with Crippen LogP contribution in [-0.4, -0.2) is 23.6 Å². The van der Waals surface area contributed by atoms with E-state index in [1.54, 1.807) is 0 Å². The SMILES string of the molecule is CSC1CCCCC1NC1CCCC(C(C)C)CC1. The molecular weight excluding hydrogens is 250 g/mol. The molecule has 0 aromatic rings. The van der Waals surface area contributed by atoms with Gasteiger partial charge in [0.2, 0.25) is 0 Å². The highest BCUT2D eigenvalue weighted by atomic mass is 32.2. The summed E-state index contributed by atoms with van der Waals surface area (Å²) in [5, 5.41) is 4.91. The Morgan fingerprint density at radius 1 is 0.895 bits per heavy atom. The van der Waals surface area contributed by atoms with E-state index in [0.717, 1.165) is 29.2 Å².